The average molecular weight is 329 g/mol. The Hall–Kier alpha value is -2.40. The molecule has 3 rings (SSSR count). The van der Waals surface area contributed by atoms with E-state index in [-0.39, 0.29) is 11.7 Å². The monoisotopic (exact) mass is 329 g/mol. The highest BCUT2D eigenvalue weighted by Crippen LogP contribution is 2.30. The van der Waals surface area contributed by atoms with Crippen LogP contribution >= 0.6 is 11.3 Å². The first-order valence-electron chi connectivity index (χ1n) is 7.31. The number of ether oxygens (including phenoxy) is 1. The molecule has 0 aliphatic heterocycles. The Morgan fingerprint density at radius 1 is 1.17 bits per heavy atom. The Labute approximate surface area is 138 Å². The number of hydrogen-bond donors (Lipinski definition) is 1. The van der Waals surface area contributed by atoms with Crippen molar-refractivity contribution in [3.63, 3.8) is 0 Å². The molecule has 0 saturated heterocycles. The SMILES string of the molecule is COc1ccc(C(Cc2ccccc2F)c2csc(N)[nH+]2)cc1. The molecule has 5 heteroatoms. The maximum absolute atomic E-state index is 14.1. The molecule has 1 unspecified atom stereocenters. The van der Waals surface area contributed by atoms with E-state index in [1.165, 1.54) is 17.4 Å². The molecule has 0 amide bonds. The third-order valence-corrected chi connectivity index (χ3v) is 4.58. The molecule has 2 aromatic carbocycles. The number of hydrogen-bond acceptors (Lipinski definition) is 3. The molecule has 0 aliphatic rings. The fourth-order valence-corrected chi connectivity index (χ4v) is 3.28. The summed E-state index contributed by atoms with van der Waals surface area (Å²) in [7, 11) is 1.64. The molecule has 0 aliphatic carbocycles. The lowest BCUT2D eigenvalue weighted by atomic mass is 9.89. The van der Waals surface area contributed by atoms with E-state index in [9.17, 15) is 4.39 Å². The molecule has 1 atom stereocenters. The van der Waals surface area contributed by atoms with Gasteiger partial charge in [-0.05, 0) is 35.7 Å². The zero-order valence-corrected chi connectivity index (χ0v) is 13.6. The Morgan fingerprint density at radius 2 is 1.91 bits per heavy atom. The fraction of sp³-hybridized carbons (Fsp3) is 0.167. The van der Waals surface area contributed by atoms with Crippen molar-refractivity contribution < 1.29 is 14.1 Å². The number of halogens is 1. The number of anilines is 1. The predicted molar refractivity (Wildman–Crippen MR) is 90.2 cm³/mol. The van der Waals surface area contributed by atoms with Gasteiger partial charge in [0.05, 0.1) is 13.0 Å². The van der Waals surface area contributed by atoms with E-state index in [1.54, 1.807) is 13.2 Å². The van der Waals surface area contributed by atoms with Crippen LogP contribution in [-0.2, 0) is 6.42 Å². The van der Waals surface area contributed by atoms with E-state index in [4.69, 9.17) is 10.5 Å². The van der Waals surface area contributed by atoms with Crippen LogP contribution in [0.5, 0.6) is 5.75 Å². The van der Waals surface area contributed by atoms with Gasteiger partial charge in [-0.25, -0.2) is 9.37 Å². The lowest BCUT2D eigenvalue weighted by Gasteiger charge is -2.15. The van der Waals surface area contributed by atoms with Crippen LogP contribution in [0.4, 0.5) is 9.52 Å². The molecular weight excluding hydrogens is 311 g/mol. The number of aromatic amines is 1. The number of H-pyrrole nitrogens is 1. The van der Waals surface area contributed by atoms with Gasteiger partial charge < -0.3 is 4.74 Å². The zero-order chi connectivity index (χ0) is 16.2. The number of nitrogen functional groups attached to an aromatic ring is 1. The maximum Gasteiger partial charge on any atom is 0.329 e. The second kappa shape index (κ2) is 6.79. The van der Waals surface area contributed by atoms with Crippen molar-refractivity contribution in [3.05, 3.63) is 76.5 Å². The molecule has 23 heavy (non-hydrogen) atoms. The summed E-state index contributed by atoms with van der Waals surface area (Å²) in [6, 6.07) is 14.7. The number of nitrogens with one attached hydrogen (secondary N) is 1. The van der Waals surface area contributed by atoms with Crippen LogP contribution in [-0.4, -0.2) is 7.11 Å². The van der Waals surface area contributed by atoms with Crippen molar-refractivity contribution in [1.82, 2.24) is 0 Å². The predicted octanol–water partition coefficient (Wildman–Crippen LogP) is 3.67. The minimum absolute atomic E-state index is 0.00589. The van der Waals surface area contributed by atoms with Crippen LogP contribution < -0.4 is 15.5 Å². The summed E-state index contributed by atoms with van der Waals surface area (Å²) in [6.45, 7) is 0. The van der Waals surface area contributed by atoms with Gasteiger partial charge in [-0.15, -0.1) is 0 Å². The molecule has 1 aromatic heterocycles. The largest absolute Gasteiger partial charge is 0.497 e. The quantitative estimate of drug-likeness (QED) is 0.776. The molecule has 3 aromatic rings. The highest BCUT2D eigenvalue weighted by molar-refractivity contribution is 7.13. The molecular formula is C18H18FN2OS+. The molecule has 1 heterocycles. The third kappa shape index (κ3) is 3.51. The van der Waals surface area contributed by atoms with Gasteiger partial charge in [0.15, 0.2) is 0 Å². The van der Waals surface area contributed by atoms with E-state index in [0.717, 1.165) is 17.0 Å². The Balaban J connectivity index is 1.98. The molecule has 3 N–H and O–H groups in total. The Bertz CT molecular complexity index is 786. The fourth-order valence-electron chi connectivity index (χ4n) is 2.62. The highest BCUT2D eigenvalue weighted by atomic mass is 32.1. The van der Waals surface area contributed by atoms with E-state index in [1.807, 2.05) is 41.8 Å². The van der Waals surface area contributed by atoms with E-state index in [0.29, 0.717) is 17.1 Å². The van der Waals surface area contributed by atoms with Crippen LogP contribution in [0.25, 0.3) is 0 Å². The normalized spacial score (nSPS) is 12.1. The zero-order valence-electron chi connectivity index (χ0n) is 12.8. The number of thiazole rings is 1. The van der Waals surface area contributed by atoms with Gasteiger partial charge in [0.25, 0.3) is 0 Å². The van der Waals surface area contributed by atoms with Crippen LogP contribution in [0.15, 0.2) is 53.9 Å². The molecule has 0 fully saturated rings. The first-order chi connectivity index (χ1) is 11.2. The summed E-state index contributed by atoms with van der Waals surface area (Å²) in [4.78, 5) is 3.19. The van der Waals surface area contributed by atoms with Crippen molar-refractivity contribution >= 4 is 16.5 Å². The summed E-state index contributed by atoms with van der Waals surface area (Å²) in [5, 5.41) is 2.64. The smallest absolute Gasteiger partial charge is 0.329 e. The summed E-state index contributed by atoms with van der Waals surface area (Å²) in [6.07, 6.45) is 0.561. The molecule has 0 saturated carbocycles. The highest BCUT2D eigenvalue weighted by Gasteiger charge is 2.21. The number of methoxy groups -OCH3 is 1. The maximum atomic E-state index is 14.1. The first kappa shape index (κ1) is 15.5. The Morgan fingerprint density at radius 3 is 2.52 bits per heavy atom. The van der Waals surface area contributed by atoms with Crippen LogP contribution in [0, 0.1) is 5.82 Å². The van der Waals surface area contributed by atoms with Gasteiger partial charge in [0, 0.05) is 5.38 Å². The van der Waals surface area contributed by atoms with Crippen molar-refractivity contribution in [2.45, 2.75) is 12.3 Å². The van der Waals surface area contributed by atoms with Crippen LogP contribution in [0.1, 0.15) is 22.7 Å². The second-order valence-electron chi connectivity index (χ2n) is 5.30. The molecule has 3 nitrogen and oxygen atoms in total. The number of benzene rings is 2. The van der Waals surface area contributed by atoms with Crippen molar-refractivity contribution in [1.29, 1.82) is 0 Å². The minimum atomic E-state index is -0.186. The summed E-state index contributed by atoms with van der Waals surface area (Å²) in [5.74, 6) is 0.618. The lowest BCUT2D eigenvalue weighted by molar-refractivity contribution is -0.368. The molecule has 0 spiro atoms. The molecule has 0 bridgehead atoms. The topological polar surface area (TPSA) is 49.4 Å². The van der Waals surface area contributed by atoms with E-state index in [2.05, 4.69) is 4.98 Å². The third-order valence-electron chi connectivity index (χ3n) is 3.86. The van der Waals surface area contributed by atoms with Crippen LogP contribution in [0.2, 0.25) is 0 Å². The van der Waals surface area contributed by atoms with Gasteiger partial charge in [-0.2, -0.15) is 0 Å². The summed E-state index contributed by atoms with van der Waals surface area (Å²) < 4.78 is 19.3. The lowest BCUT2D eigenvalue weighted by Crippen LogP contribution is -2.17. The van der Waals surface area contributed by atoms with Crippen molar-refractivity contribution in [2.75, 3.05) is 12.8 Å². The standard InChI is InChI=1S/C18H17FN2OS/c1-22-14-8-6-12(7-9-14)15(17-11-23-18(20)21-17)10-13-4-2-3-5-16(13)19/h2-9,11,15H,10H2,1H3,(H2,20,21)/p+1. The summed E-state index contributed by atoms with van der Waals surface area (Å²) >= 11 is 1.45. The van der Waals surface area contributed by atoms with Gasteiger partial charge in [-0.3, -0.25) is 5.73 Å². The van der Waals surface area contributed by atoms with Gasteiger partial charge >= 0.3 is 5.13 Å². The van der Waals surface area contributed by atoms with Crippen molar-refractivity contribution in [3.8, 4) is 5.75 Å². The van der Waals surface area contributed by atoms with Gasteiger partial charge in [0.2, 0.25) is 0 Å². The van der Waals surface area contributed by atoms with E-state index >= 15 is 0 Å². The number of rotatable bonds is 5. The first-order valence-corrected chi connectivity index (χ1v) is 8.19. The Kier molecular flexibility index (Phi) is 4.57. The van der Waals surface area contributed by atoms with Gasteiger partial charge in [-0.1, -0.05) is 41.7 Å². The number of nitrogens with two attached hydrogens (primary N) is 1. The summed E-state index contributed by atoms with van der Waals surface area (Å²) in [5.41, 5.74) is 8.59. The van der Waals surface area contributed by atoms with Crippen LogP contribution in [0.3, 0.4) is 0 Å². The minimum Gasteiger partial charge on any atom is -0.497 e. The van der Waals surface area contributed by atoms with E-state index < -0.39 is 0 Å². The molecule has 118 valence electrons. The second-order valence-corrected chi connectivity index (χ2v) is 6.21. The number of aromatic nitrogens is 1. The average Bonchev–Trinajstić information content (AvgIpc) is 3.00. The molecule has 0 radical (unpaired) electrons. The van der Waals surface area contributed by atoms with Gasteiger partial charge in [0.1, 0.15) is 17.3 Å². The van der Waals surface area contributed by atoms with Crippen molar-refractivity contribution in [2.24, 2.45) is 0 Å².